The number of nitrogen functional groups attached to an aromatic ring is 1. The van der Waals surface area contributed by atoms with E-state index in [2.05, 4.69) is 10.6 Å². The standard InChI is InChI=1S/C18H15F3N4O/c1-11-6-7-16(14(23)8-11)24-10-12(9-22)17(26)25-15-5-3-2-4-13(15)18(19,20)21/h2-8,10,24H,23H2,1H3,(H,25,26)/b12-10-. The van der Waals surface area contributed by atoms with Gasteiger partial charge in [0.1, 0.15) is 11.6 Å². The van der Waals surface area contributed by atoms with Gasteiger partial charge in [-0.2, -0.15) is 18.4 Å². The van der Waals surface area contributed by atoms with Crippen LogP contribution in [0.3, 0.4) is 0 Å². The lowest BCUT2D eigenvalue weighted by Gasteiger charge is -2.13. The number of nitriles is 1. The van der Waals surface area contributed by atoms with Crippen LogP contribution in [0, 0.1) is 18.3 Å². The predicted octanol–water partition coefficient (Wildman–Crippen LogP) is 4.05. The van der Waals surface area contributed by atoms with E-state index in [1.807, 2.05) is 6.92 Å². The Labute approximate surface area is 147 Å². The molecule has 4 N–H and O–H groups in total. The molecule has 0 unspecified atom stereocenters. The highest BCUT2D eigenvalue weighted by molar-refractivity contribution is 6.07. The Kier molecular flexibility index (Phi) is 5.52. The first-order valence-electron chi connectivity index (χ1n) is 7.43. The Bertz CT molecular complexity index is 898. The summed E-state index contributed by atoms with van der Waals surface area (Å²) < 4.78 is 38.9. The fraction of sp³-hybridized carbons (Fsp3) is 0.111. The molecular weight excluding hydrogens is 345 g/mol. The average Bonchev–Trinajstić information content (AvgIpc) is 2.56. The van der Waals surface area contributed by atoms with Gasteiger partial charge in [0.25, 0.3) is 5.91 Å². The number of nitrogens with zero attached hydrogens (tertiary/aromatic N) is 1. The van der Waals surface area contributed by atoms with Gasteiger partial charge >= 0.3 is 6.18 Å². The summed E-state index contributed by atoms with van der Waals surface area (Å²) in [5.74, 6) is -0.970. The Morgan fingerprint density at radius 1 is 1.19 bits per heavy atom. The molecule has 0 aliphatic carbocycles. The molecule has 26 heavy (non-hydrogen) atoms. The summed E-state index contributed by atoms with van der Waals surface area (Å²) in [5, 5.41) is 13.9. The number of nitrogens with two attached hydrogens (primary N) is 1. The van der Waals surface area contributed by atoms with Gasteiger partial charge in [-0.15, -0.1) is 0 Å². The molecule has 0 spiro atoms. The second-order valence-corrected chi connectivity index (χ2v) is 5.40. The molecule has 0 saturated heterocycles. The zero-order chi connectivity index (χ0) is 19.3. The van der Waals surface area contributed by atoms with Gasteiger partial charge in [0.15, 0.2) is 0 Å². The molecule has 0 bridgehead atoms. The lowest BCUT2D eigenvalue weighted by molar-refractivity contribution is -0.137. The van der Waals surface area contributed by atoms with Crippen LogP contribution in [-0.4, -0.2) is 5.91 Å². The number of benzene rings is 2. The van der Waals surface area contributed by atoms with Crippen molar-refractivity contribution in [2.45, 2.75) is 13.1 Å². The summed E-state index contributed by atoms with van der Waals surface area (Å²) in [6.07, 6.45) is -3.54. The van der Waals surface area contributed by atoms with Crippen LogP contribution in [0.1, 0.15) is 11.1 Å². The number of amides is 1. The van der Waals surface area contributed by atoms with Crippen molar-refractivity contribution in [3.8, 4) is 6.07 Å². The average molecular weight is 360 g/mol. The van der Waals surface area contributed by atoms with E-state index in [1.54, 1.807) is 24.3 Å². The van der Waals surface area contributed by atoms with Gasteiger partial charge in [-0.05, 0) is 36.8 Å². The molecule has 2 aromatic rings. The van der Waals surface area contributed by atoms with Crippen LogP contribution in [0.4, 0.5) is 30.2 Å². The van der Waals surface area contributed by atoms with E-state index >= 15 is 0 Å². The SMILES string of the molecule is Cc1ccc(N/C=C(/C#N)C(=O)Nc2ccccc2C(F)(F)F)c(N)c1. The Morgan fingerprint density at radius 2 is 1.88 bits per heavy atom. The van der Waals surface area contributed by atoms with Crippen LogP contribution in [-0.2, 0) is 11.0 Å². The lowest BCUT2D eigenvalue weighted by atomic mass is 10.1. The molecule has 0 saturated carbocycles. The minimum absolute atomic E-state index is 0.401. The molecule has 0 aliphatic heterocycles. The van der Waals surface area contributed by atoms with Gasteiger partial charge in [0, 0.05) is 6.20 Å². The maximum absolute atomic E-state index is 13.0. The quantitative estimate of drug-likeness (QED) is 0.436. The summed E-state index contributed by atoms with van der Waals surface area (Å²) in [7, 11) is 0. The monoisotopic (exact) mass is 360 g/mol. The highest BCUT2D eigenvalue weighted by atomic mass is 19.4. The van der Waals surface area contributed by atoms with E-state index in [9.17, 15) is 18.0 Å². The molecule has 0 radical (unpaired) electrons. The van der Waals surface area contributed by atoms with Crippen LogP contribution < -0.4 is 16.4 Å². The van der Waals surface area contributed by atoms with Crippen molar-refractivity contribution in [3.05, 3.63) is 65.4 Å². The Morgan fingerprint density at radius 3 is 2.50 bits per heavy atom. The van der Waals surface area contributed by atoms with Gasteiger partial charge < -0.3 is 16.4 Å². The topological polar surface area (TPSA) is 90.9 Å². The number of halogens is 3. The lowest BCUT2D eigenvalue weighted by Crippen LogP contribution is -2.18. The molecule has 0 aliphatic rings. The van der Waals surface area contributed by atoms with Crippen molar-refractivity contribution in [2.75, 3.05) is 16.4 Å². The van der Waals surface area contributed by atoms with Crippen molar-refractivity contribution in [1.29, 1.82) is 5.26 Å². The molecular formula is C18H15F3N4O. The number of anilines is 3. The first-order valence-corrected chi connectivity index (χ1v) is 7.43. The summed E-state index contributed by atoms with van der Waals surface area (Å²) in [5.41, 5.74) is 5.79. The fourth-order valence-corrected chi connectivity index (χ4v) is 2.14. The minimum atomic E-state index is -4.63. The first kappa shape index (κ1) is 18.9. The Hall–Kier alpha value is -3.47. The third-order valence-electron chi connectivity index (χ3n) is 3.42. The first-order chi connectivity index (χ1) is 12.2. The molecule has 5 nitrogen and oxygen atoms in total. The molecule has 8 heteroatoms. The van der Waals surface area contributed by atoms with Crippen LogP contribution in [0.2, 0.25) is 0 Å². The molecule has 0 aromatic heterocycles. The van der Waals surface area contributed by atoms with E-state index in [4.69, 9.17) is 11.0 Å². The molecule has 0 heterocycles. The smallest absolute Gasteiger partial charge is 0.397 e. The molecule has 0 atom stereocenters. The number of rotatable bonds is 4. The number of carbonyl (C=O) groups is 1. The third kappa shape index (κ3) is 4.54. The molecule has 0 fully saturated rings. The molecule has 1 amide bonds. The van der Waals surface area contributed by atoms with Gasteiger partial charge in [0.05, 0.1) is 22.6 Å². The number of nitrogens with one attached hydrogen (secondary N) is 2. The molecule has 134 valence electrons. The highest BCUT2D eigenvalue weighted by Gasteiger charge is 2.33. The van der Waals surface area contributed by atoms with Crippen molar-refractivity contribution in [2.24, 2.45) is 0 Å². The summed E-state index contributed by atoms with van der Waals surface area (Å²) >= 11 is 0. The second kappa shape index (κ2) is 7.61. The number of hydrogen-bond acceptors (Lipinski definition) is 4. The van der Waals surface area contributed by atoms with Gasteiger partial charge in [-0.25, -0.2) is 0 Å². The summed E-state index contributed by atoms with van der Waals surface area (Å²) in [4.78, 5) is 12.1. The largest absolute Gasteiger partial charge is 0.418 e. The zero-order valence-corrected chi connectivity index (χ0v) is 13.7. The van der Waals surface area contributed by atoms with Crippen molar-refractivity contribution >= 4 is 23.0 Å². The van der Waals surface area contributed by atoms with Crippen molar-refractivity contribution in [3.63, 3.8) is 0 Å². The van der Waals surface area contributed by atoms with E-state index in [1.165, 1.54) is 12.1 Å². The van der Waals surface area contributed by atoms with Crippen molar-refractivity contribution in [1.82, 2.24) is 0 Å². The predicted molar refractivity (Wildman–Crippen MR) is 93.0 cm³/mol. The number of carbonyl (C=O) groups excluding carboxylic acids is 1. The normalized spacial score (nSPS) is 11.6. The molecule has 2 aromatic carbocycles. The van der Waals surface area contributed by atoms with Gasteiger partial charge in [-0.1, -0.05) is 18.2 Å². The van der Waals surface area contributed by atoms with Gasteiger partial charge in [-0.3, -0.25) is 4.79 Å². The number of aryl methyl sites for hydroxylation is 1. The maximum Gasteiger partial charge on any atom is 0.418 e. The summed E-state index contributed by atoms with van der Waals surface area (Å²) in [6, 6.07) is 11.3. The maximum atomic E-state index is 13.0. The van der Waals surface area contributed by atoms with E-state index in [-0.39, 0.29) is 0 Å². The zero-order valence-electron chi connectivity index (χ0n) is 13.7. The van der Waals surface area contributed by atoms with E-state index in [0.29, 0.717) is 11.4 Å². The Balaban J connectivity index is 2.21. The van der Waals surface area contributed by atoms with Gasteiger partial charge in [0.2, 0.25) is 0 Å². The summed E-state index contributed by atoms with van der Waals surface area (Å²) in [6.45, 7) is 1.85. The van der Waals surface area contributed by atoms with E-state index < -0.39 is 28.9 Å². The van der Waals surface area contributed by atoms with Crippen molar-refractivity contribution < 1.29 is 18.0 Å². The number of alkyl halides is 3. The highest BCUT2D eigenvalue weighted by Crippen LogP contribution is 2.34. The number of hydrogen-bond donors (Lipinski definition) is 3. The third-order valence-corrected chi connectivity index (χ3v) is 3.42. The minimum Gasteiger partial charge on any atom is -0.397 e. The van der Waals surface area contributed by atoms with Crippen LogP contribution in [0.5, 0.6) is 0 Å². The number of para-hydroxylation sites is 1. The molecule has 2 rings (SSSR count). The fourth-order valence-electron chi connectivity index (χ4n) is 2.14. The van der Waals surface area contributed by atoms with Crippen LogP contribution >= 0.6 is 0 Å². The second-order valence-electron chi connectivity index (χ2n) is 5.40. The van der Waals surface area contributed by atoms with E-state index in [0.717, 1.165) is 23.9 Å². The van der Waals surface area contributed by atoms with Crippen LogP contribution in [0.25, 0.3) is 0 Å². The van der Waals surface area contributed by atoms with Crippen LogP contribution in [0.15, 0.2) is 54.2 Å².